The normalized spacial score (nSPS) is 40.9. The molecule has 4 atom stereocenters. The number of morpholine rings is 1. The number of nitrogens with one attached hydrogen (secondary N) is 2. The minimum absolute atomic E-state index is 0.359. The zero-order valence-corrected chi connectivity index (χ0v) is 10.7. The molecule has 16 heavy (non-hydrogen) atoms. The van der Waals surface area contributed by atoms with Gasteiger partial charge in [0, 0.05) is 25.7 Å². The molecule has 2 fully saturated rings. The van der Waals surface area contributed by atoms with Crippen LogP contribution in [-0.4, -0.2) is 37.9 Å². The molecule has 3 nitrogen and oxygen atoms in total. The van der Waals surface area contributed by atoms with E-state index in [0.717, 1.165) is 31.6 Å². The van der Waals surface area contributed by atoms with Crippen molar-refractivity contribution >= 4 is 0 Å². The lowest BCUT2D eigenvalue weighted by Crippen LogP contribution is -2.50. The summed E-state index contributed by atoms with van der Waals surface area (Å²) < 4.78 is 5.89. The van der Waals surface area contributed by atoms with Crippen molar-refractivity contribution in [3.63, 3.8) is 0 Å². The number of rotatable bonds is 3. The second kappa shape index (κ2) is 5.99. The van der Waals surface area contributed by atoms with Crippen LogP contribution in [0.15, 0.2) is 0 Å². The fourth-order valence-electron chi connectivity index (χ4n) is 2.89. The quantitative estimate of drug-likeness (QED) is 0.766. The zero-order chi connectivity index (χ0) is 11.4. The van der Waals surface area contributed by atoms with E-state index in [1.165, 1.54) is 25.7 Å². The summed E-state index contributed by atoms with van der Waals surface area (Å²) in [5.74, 6) is 0.836. The van der Waals surface area contributed by atoms with E-state index < -0.39 is 0 Å². The van der Waals surface area contributed by atoms with E-state index >= 15 is 0 Å². The monoisotopic (exact) mass is 226 g/mol. The van der Waals surface area contributed by atoms with Crippen LogP contribution in [0.3, 0.4) is 0 Å². The molecule has 0 aromatic carbocycles. The van der Waals surface area contributed by atoms with Crippen molar-refractivity contribution in [3.05, 3.63) is 0 Å². The molecule has 0 radical (unpaired) electrons. The van der Waals surface area contributed by atoms with Crippen LogP contribution in [0.4, 0.5) is 0 Å². The first-order valence-corrected chi connectivity index (χ1v) is 6.85. The first-order valence-electron chi connectivity index (χ1n) is 6.85. The highest BCUT2D eigenvalue weighted by Crippen LogP contribution is 2.23. The maximum atomic E-state index is 5.89. The van der Waals surface area contributed by atoms with Crippen LogP contribution in [0.1, 0.15) is 39.5 Å². The van der Waals surface area contributed by atoms with Gasteiger partial charge in [-0.25, -0.2) is 0 Å². The predicted molar refractivity (Wildman–Crippen MR) is 66.6 cm³/mol. The van der Waals surface area contributed by atoms with Crippen molar-refractivity contribution in [3.8, 4) is 0 Å². The Morgan fingerprint density at radius 2 is 2.00 bits per heavy atom. The highest BCUT2D eigenvalue weighted by Gasteiger charge is 2.23. The number of hydrogen-bond acceptors (Lipinski definition) is 3. The summed E-state index contributed by atoms with van der Waals surface area (Å²) in [5.41, 5.74) is 0. The first-order chi connectivity index (χ1) is 7.75. The molecule has 0 bridgehead atoms. The minimum Gasteiger partial charge on any atom is -0.371 e. The average molecular weight is 226 g/mol. The van der Waals surface area contributed by atoms with E-state index in [1.807, 2.05) is 0 Å². The topological polar surface area (TPSA) is 33.3 Å². The standard InChI is InChI=1S/C13H26N2O/c1-10-5-3-4-6-13(10)15-9-12-8-14-7-11(2)16-12/h10-15H,3-9H2,1-2H3/t10?,11-,12+,13?/m1/s1. The first kappa shape index (κ1) is 12.3. The van der Waals surface area contributed by atoms with Gasteiger partial charge in [0.1, 0.15) is 0 Å². The third kappa shape index (κ3) is 3.44. The van der Waals surface area contributed by atoms with E-state index in [9.17, 15) is 0 Å². The van der Waals surface area contributed by atoms with Gasteiger partial charge in [-0.1, -0.05) is 19.8 Å². The molecule has 1 saturated carbocycles. The molecule has 1 aliphatic carbocycles. The van der Waals surface area contributed by atoms with E-state index in [1.54, 1.807) is 0 Å². The van der Waals surface area contributed by atoms with Crippen LogP contribution in [0.2, 0.25) is 0 Å². The summed E-state index contributed by atoms with van der Waals surface area (Å²) in [5, 5.41) is 7.12. The fraction of sp³-hybridized carbons (Fsp3) is 1.00. The van der Waals surface area contributed by atoms with Gasteiger partial charge < -0.3 is 15.4 Å². The highest BCUT2D eigenvalue weighted by atomic mass is 16.5. The van der Waals surface area contributed by atoms with Crippen LogP contribution in [0.5, 0.6) is 0 Å². The summed E-state index contributed by atoms with van der Waals surface area (Å²) in [7, 11) is 0. The van der Waals surface area contributed by atoms with Gasteiger partial charge in [-0.3, -0.25) is 0 Å². The van der Waals surface area contributed by atoms with Crippen LogP contribution < -0.4 is 10.6 Å². The predicted octanol–water partition coefficient (Wildman–Crippen LogP) is 1.53. The Morgan fingerprint density at radius 1 is 1.19 bits per heavy atom. The zero-order valence-electron chi connectivity index (χ0n) is 10.7. The smallest absolute Gasteiger partial charge is 0.0827 e. The Bertz CT molecular complexity index is 210. The molecule has 2 N–H and O–H groups in total. The summed E-state index contributed by atoms with van der Waals surface area (Å²) >= 11 is 0. The summed E-state index contributed by atoms with van der Waals surface area (Å²) in [4.78, 5) is 0. The maximum Gasteiger partial charge on any atom is 0.0827 e. The average Bonchev–Trinajstić information content (AvgIpc) is 2.28. The molecule has 1 heterocycles. The lowest BCUT2D eigenvalue weighted by molar-refractivity contribution is -0.0280. The van der Waals surface area contributed by atoms with Gasteiger partial charge in [0.2, 0.25) is 0 Å². The van der Waals surface area contributed by atoms with Gasteiger partial charge in [0.15, 0.2) is 0 Å². The van der Waals surface area contributed by atoms with Crippen molar-refractivity contribution in [1.29, 1.82) is 0 Å². The van der Waals surface area contributed by atoms with Crippen molar-refractivity contribution in [2.45, 2.75) is 57.8 Å². The summed E-state index contributed by atoms with van der Waals surface area (Å²) in [6.07, 6.45) is 6.26. The van der Waals surface area contributed by atoms with Crippen molar-refractivity contribution in [2.24, 2.45) is 5.92 Å². The molecule has 1 aliphatic heterocycles. The van der Waals surface area contributed by atoms with Gasteiger partial charge in [-0.15, -0.1) is 0 Å². The van der Waals surface area contributed by atoms with Gasteiger partial charge in [-0.2, -0.15) is 0 Å². The van der Waals surface area contributed by atoms with E-state index in [-0.39, 0.29) is 0 Å². The van der Waals surface area contributed by atoms with Gasteiger partial charge in [0.25, 0.3) is 0 Å². The molecule has 2 rings (SSSR count). The molecular weight excluding hydrogens is 200 g/mol. The Morgan fingerprint density at radius 3 is 2.75 bits per heavy atom. The molecule has 0 aromatic heterocycles. The molecule has 0 aromatic rings. The Kier molecular flexibility index (Phi) is 4.62. The summed E-state index contributed by atoms with van der Waals surface area (Å²) in [6.45, 7) is 7.52. The third-order valence-electron chi connectivity index (χ3n) is 3.95. The molecule has 1 saturated heterocycles. The van der Waals surface area contributed by atoms with Crippen LogP contribution in [-0.2, 0) is 4.74 Å². The van der Waals surface area contributed by atoms with E-state index in [4.69, 9.17) is 4.74 Å². The van der Waals surface area contributed by atoms with Crippen molar-refractivity contribution in [1.82, 2.24) is 10.6 Å². The van der Waals surface area contributed by atoms with Gasteiger partial charge in [0.05, 0.1) is 12.2 Å². The number of hydrogen-bond donors (Lipinski definition) is 2. The van der Waals surface area contributed by atoms with E-state index in [0.29, 0.717) is 12.2 Å². The van der Waals surface area contributed by atoms with Crippen LogP contribution in [0.25, 0.3) is 0 Å². The molecule has 0 amide bonds. The van der Waals surface area contributed by atoms with Gasteiger partial charge in [-0.05, 0) is 25.7 Å². The Hall–Kier alpha value is -0.120. The third-order valence-corrected chi connectivity index (χ3v) is 3.95. The molecule has 0 spiro atoms. The largest absolute Gasteiger partial charge is 0.371 e. The molecule has 2 aliphatic rings. The molecule has 3 heteroatoms. The second-order valence-corrected chi connectivity index (χ2v) is 5.50. The molecule has 94 valence electrons. The van der Waals surface area contributed by atoms with Gasteiger partial charge >= 0.3 is 0 Å². The lowest BCUT2D eigenvalue weighted by Gasteiger charge is -2.33. The van der Waals surface area contributed by atoms with E-state index in [2.05, 4.69) is 24.5 Å². The molecular formula is C13H26N2O. The highest BCUT2D eigenvalue weighted by molar-refractivity contribution is 4.81. The molecule has 2 unspecified atom stereocenters. The fourth-order valence-corrected chi connectivity index (χ4v) is 2.89. The Labute approximate surface area is 99.3 Å². The van der Waals surface area contributed by atoms with Crippen LogP contribution >= 0.6 is 0 Å². The lowest BCUT2D eigenvalue weighted by atomic mass is 9.86. The summed E-state index contributed by atoms with van der Waals surface area (Å²) in [6, 6.07) is 0.717. The van der Waals surface area contributed by atoms with Crippen molar-refractivity contribution < 1.29 is 4.74 Å². The van der Waals surface area contributed by atoms with Crippen molar-refractivity contribution in [2.75, 3.05) is 19.6 Å². The maximum absolute atomic E-state index is 5.89. The minimum atomic E-state index is 0.359. The number of ether oxygens (including phenoxy) is 1. The van der Waals surface area contributed by atoms with Crippen LogP contribution in [0, 0.1) is 5.92 Å². The SMILES string of the molecule is CC1CCCCC1NC[C@@H]1CNC[C@@H](C)O1. The second-order valence-electron chi connectivity index (χ2n) is 5.50. The Balaban J connectivity index is 1.69.